The van der Waals surface area contributed by atoms with Crippen molar-refractivity contribution in [1.29, 1.82) is 0 Å². The molecule has 2 heterocycles. The van der Waals surface area contributed by atoms with Crippen molar-refractivity contribution in [2.24, 2.45) is 0 Å². The SMILES string of the molecule is O=[N+]([O-])c1ccc(S(=O)(=O)N2CCC[C@H](c3nc(-c4ccc(F)cc4)no3)C2)cc1. The minimum absolute atomic E-state index is 0.00807. The van der Waals surface area contributed by atoms with Gasteiger partial charge in [0.05, 0.1) is 15.7 Å². The van der Waals surface area contributed by atoms with Crippen LogP contribution in [0.1, 0.15) is 24.7 Å². The van der Waals surface area contributed by atoms with Crippen molar-refractivity contribution < 1.29 is 22.3 Å². The Bertz CT molecular complexity index is 1160. The lowest BCUT2D eigenvalue weighted by Gasteiger charge is -2.30. The van der Waals surface area contributed by atoms with Crippen molar-refractivity contribution >= 4 is 15.7 Å². The molecule has 0 unspecified atom stereocenters. The van der Waals surface area contributed by atoms with Gasteiger partial charge in [0.15, 0.2) is 0 Å². The van der Waals surface area contributed by atoms with E-state index in [2.05, 4.69) is 10.1 Å². The van der Waals surface area contributed by atoms with Gasteiger partial charge in [0.1, 0.15) is 5.82 Å². The smallest absolute Gasteiger partial charge is 0.269 e. The van der Waals surface area contributed by atoms with Crippen molar-refractivity contribution in [1.82, 2.24) is 14.4 Å². The highest BCUT2D eigenvalue weighted by Crippen LogP contribution is 2.31. The summed E-state index contributed by atoms with van der Waals surface area (Å²) in [5, 5.41) is 14.7. The zero-order chi connectivity index (χ0) is 21.3. The average Bonchev–Trinajstić information content (AvgIpc) is 3.25. The zero-order valence-electron chi connectivity index (χ0n) is 15.6. The maximum Gasteiger partial charge on any atom is 0.269 e. The molecule has 0 aliphatic carbocycles. The summed E-state index contributed by atoms with van der Waals surface area (Å²) in [6.45, 7) is 0.485. The van der Waals surface area contributed by atoms with Crippen LogP contribution < -0.4 is 0 Å². The highest BCUT2D eigenvalue weighted by molar-refractivity contribution is 7.89. The van der Waals surface area contributed by atoms with Crippen LogP contribution in [-0.2, 0) is 10.0 Å². The van der Waals surface area contributed by atoms with Crippen LogP contribution >= 0.6 is 0 Å². The van der Waals surface area contributed by atoms with Crippen molar-refractivity contribution in [3.05, 3.63) is 70.4 Å². The fraction of sp³-hybridized carbons (Fsp3) is 0.263. The number of nitro benzene ring substituents is 1. The van der Waals surface area contributed by atoms with Crippen LogP contribution in [0.3, 0.4) is 0 Å². The summed E-state index contributed by atoms with van der Waals surface area (Å²) < 4.78 is 45.7. The second-order valence-corrected chi connectivity index (χ2v) is 8.85. The van der Waals surface area contributed by atoms with E-state index in [4.69, 9.17) is 4.52 Å². The van der Waals surface area contributed by atoms with Gasteiger partial charge >= 0.3 is 0 Å². The molecule has 4 rings (SSSR count). The normalized spacial score (nSPS) is 17.7. The van der Waals surface area contributed by atoms with Crippen LogP contribution in [0.5, 0.6) is 0 Å². The molecule has 0 N–H and O–H groups in total. The molecule has 3 aromatic rings. The van der Waals surface area contributed by atoms with Gasteiger partial charge < -0.3 is 4.52 Å². The van der Waals surface area contributed by atoms with Gasteiger partial charge in [-0.2, -0.15) is 9.29 Å². The lowest BCUT2D eigenvalue weighted by molar-refractivity contribution is -0.384. The maximum atomic E-state index is 13.1. The topological polar surface area (TPSA) is 119 Å². The Balaban J connectivity index is 1.53. The summed E-state index contributed by atoms with van der Waals surface area (Å²) in [6.07, 6.45) is 1.28. The quantitative estimate of drug-likeness (QED) is 0.448. The van der Waals surface area contributed by atoms with Crippen LogP contribution in [-0.4, -0.2) is 40.9 Å². The second kappa shape index (κ2) is 7.92. The van der Waals surface area contributed by atoms with Crippen LogP contribution in [0.25, 0.3) is 11.4 Å². The van der Waals surface area contributed by atoms with Gasteiger partial charge in [0.2, 0.25) is 21.7 Å². The number of hydrogen-bond acceptors (Lipinski definition) is 7. The highest BCUT2D eigenvalue weighted by Gasteiger charge is 2.33. The average molecular weight is 432 g/mol. The number of rotatable bonds is 5. The molecule has 1 aliphatic rings. The fourth-order valence-corrected chi connectivity index (χ4v) is 4.89. The first-order valence-electron chi connectivity index (χ1n) is 9.19. The van der Waals surface area contributed by atoms with Gasteiger partial charge in [-0.1, -0.05) is 5.16 Å². The molecule has 0 spiro atoms. The third kappa shape index (κ3) is 3.94. The Kier molecular flexibility index (Phi) is 5.31. The molecule has 1 atom stereocenters. The second-order valence-electron chi connectivity index (χ2n) is 6.92. The number of benzene rings is 2. The van der Waals surface area contributed by atoms with Gasteiger partial charge in [-0.25, -0.2) is 12.8 Å². The molecule has 11 heteroatoms. The van der Waals surface area contributed by atoms with E-state index in [9.17, 15) is 22.9 Å². The number of nitrogens with zero attached hydrogens (tertiary/aromatic N) is 4. The summed E-state index contributed by atoms with van der Waals surface area (Å²) >= 11 is 0. The van der Waals surface area contributed by atoms with E-state index in [1.54, 1.807) is 0 Å². The first kappa shape index (κ1) is 20.1. The zero-order valence-corrected chi connectivity index (χ0v) is 16.5. The molecule has 0 bridgehead atoms. The predicted octanol–water partition coefficient (Wildman–Crippen LogP) is 3.35. The number of aromatic nitrogens is 2. The van der Waals surface area contributed by atoms with Crippen molar-refractivity contribution in [2.45, 2.75) is 23.7 Å². The summed E-state index contributed by atoms with van der Waals surface area (Å²) in [6, 6.07) is 10.5. The first-order chi connectivity index (χ1) is 14.3. The van der Waals surface area contributed by atoms with Crippen molar-refractivity contribution in [3.63, 3.8) is 0 Å². The van der Waals surface area contributed by atoms with Crippen LogP contribution in [0.15, 0.2) is 57.9 Å². The van der Waals surface area contributed by atoms with Crippen molar-refractivity contribution in [2.75, 3.05) is 13.1 Å². The Morgan fingerprint density at radius 2 is 1.83 bits per heavy atom. The number of non-ortho nitro benzene ring substituents is 1. The number of nitro groups is 1. The van der Waals surface area contributed by atoms with Crippen LogP contribution in [0.4, 0.5) is 10.1 Å². The first-order valence-corrected chi connectivity index (χ1v) is 10.6. The molecule has 1 saturated heterocycles. The van der Waals surface area contributed by atoms with Crippen LogP contribution in [0.2, 0.25) is 0 Å². The minimum Gasteiger partial charge on any atom is -0.339 e. The van der Waals surface area contributed by atoms with E-state index in [0.717, 1.165) is 0 Å². The predicted molar refractivity (Wildman–Crippen MR) is 104 cm³/mol. The molecule has 2 aromatic carbocycles. The lowest BCUT2D eigenvalue weighted by Crippen LogP contribution is -2.39. The summed E-state index contributed by atoms with van der Waals surface area (Å²) in [4.78, 5) is 14.6. The van der Waals surface area contributed by atoms with E-state index in [1.807, 2.05) is 0 Å². The molecule has 0 radical (unpaired) electrons. The molecule has 0 saturated carbocycles. The largest absolute Gasteiger partial charge is 0.339 e. The van der Waals surface area contributed by atoms with E-state index in [1.165, 1.54) is 52.8 Å². The Morgan fingerprint density at radius 1 is 1.13 bits per heavy atom. The molecule has 1 aromatic heterocycles. The molecule has 30 heavy (non-hydrogen) atoms. The minimum atomic E-state index is -3.82. The lowest BCUT2D eigenvalue weighted by atomic mass is 10.00. The third-order valence-electron chi connectivity index (χ3n) is 4.96. The molecule has 156 valence electrons. The number of sulfonamides is 1. The Hall–Kier alpha value is -3.18. The Morgan fingerprint density at radius 3 is 2.50 bits per heavy atom. The summed E-state index contributed by atoms with van der Waals surface area (Å²) in [5.41, 5.74) is 0.419. The van der Waals surface area contributed by atoms with Gasteiger partial charge in [-0.3, -0.25) is 10.1 Å². The van der Waals surface area contributed by atoms with E-state index in [-0.39, 0.29) is 28.9 Å². The highest BCUT2D eigenvalue weighted by atomic mass is 32.2. The number of piperidine rings is 1. The standard InChI is InChI=1S/C19H17FN4O5S/c20-15-5-3-13(4-6-15)18-21-19(29-22-18)14-2-1-11-23(12-14)30(27,28)17-9-7-16(8-10-17)24(25)26/h3-10,14H,1-2,11-12H2/t14-/m0/s1. The van der Waals surface area contributed by atoms with Gasteiger partial charge in [-0.15, -0.1) is 0 Å². The Labute approximate surface area is 171 Å². The van der Waals surface area contributed by atoms with E-state index >= 15 is 0 Å². The van der Waals surface area contributed by atoms with Gasteiger partial charge in [0.25, 0.3) is 5.69 Å². The third-order valence-corrected chi connectivity index (χ3v) is 6.84. The van der Waals surface area contributed by atoms with Crippen molar-refractivity contribution in [3.8, 4) is 11.4 Å². The number of hydrogen-bond donors (Lipinski definition) is 0. The molecular formula is C19H17FN4O5S. The molecular weight excluding hydrogens is 415 g/mol. The molecule has 1 aliphatic heterocycles. The van der Waals surface area contributed by atoms with E-state index < -0.39 is 14.9 Å². The van der Waals surface area contributed by atoms with Gasteiger partial charge in [-0.05, 0) is 49.2 Å². The van der Waals surface area contributed by atoms with E-state index in [0.29, 0.717) is 36.7 Å². The molecule has 9 nitrogen and oxygen atoms in total. The number of halogens is 1. The van der Waals surface area contributed by atoms with Crippen LogP contribution in [0, 0.1) is 15.9 Å². The summed E-state index contributed by atoms with van der Waals surface area (Å²) in [7, 11) is -3.82. The summed E-state index contributed by atoms with van der Waals surface area (Å²) in [5.74, 6) is -0.0339. The monoisotopic (exact) mass is 432 g/mol. The van der Waals surface area contributed by atoms with Gasteiger partial charge in [0, 0.05) is 30.8 Å². The molecule has 1 fully saturated rings. The fourth-order valence-electron chi connectivity index (χ4n) is 3.37. The molecule has 0 amide bonds. The maximum absolute atomic E-state index is 13.1.